The molecule has 0 saturated heterocycles. The first kappa shape index (κ1) is 11.5. The van der Waals surface area contributed by atoms with Crippen LogP contribution in [0.2, 0.25) is 0 Å². The highest BCUT2D eigenvalue weighted by molar-refractivity contribution is 5.78. The van der Waals surface area contributed by atoms with Gasteiger partial charge in [0.15, 0.2) is 5.60 Å². The van der Waals surface area contributed by atoms with Crippen LogP contribution in [0.15, 0.2) is 29.2 Å². The third kappa shape index (κ3) is 2.66. The third-order valence-electron chi connectivity index (χ3n) is 2.00. The Morgan fingerprint density at radius 1 is 1.60 bits per heavy atom. The van der Waals surface area contributed by atoms with Crippen LogP contribution < -0.4 is 5.56 Å². The second-order valence-electron chi connectivity index (χ2n) is 3.43. The highest BCUT2D eigenvalue weighted by atomic mass is 16.5. The van der Waals surface area contributed by atoms with E-state index in [4.69, 9.17) is 0 Å². The van der Waals surface area contributed by atoms with Crippen LogP contribution in [0.3, 0.4) is 0 Å². The summed E-state index contributed by atoms with van der Waals surface area (Å²) in [6, 6.07) is 4.59. The number of hydrogen-bond donors (Lipinski definition) is 1. The van der Waals surface area contributed by atoms with Crippen LogP contribution in [0.25, 0.3) is 0 Å². The van der Waals surface area contributed by atoms with Crippen LogP contribution in [0.5, 0.6) is 0 Å². The Balaban J connectivity index is 2.91. The monoisotopic (exact) mass is 211 g/mol. The van der Waals surface area contributed by atoms with E-state index in [1.807, 2.05) is 0 Å². The van der Waals surface area contributed by atoms with Crippen LogP contribution in [0.1, 0.15) is 6.92 Å². The molecule has 1 aromatic heterocycles. The first-order valence-electron chi connectivity index (χ1n) is 4.43. The predicted molar refractivity (Wildman–Crippen MR) is 53.3 cm³/mol. The van der Waals surface area contributed by atoms with Crippen LogP contribution in [-0.2, 0) is 16.1 Å². The lowest BCUT2D eigenvalue weighted by atomic mass is 10.1. The van der Waals surface area contributed by atoms with Crippen molar-refractivity contribution in [2.45, 2.75) is 19.1 Å². The highest BCUT2D eigenvalue weighted by Crippen LogP contribution is 2.07. The van der Waals surface area contributed by atoms with E-state index in [-0.39, 0.29) is 12.1 Å². The van der Waals surface area contributed by atoms with E-state index >= 15 is 0 Å². The van der Waals surface area contributed by atoms with Gasteiger partial charge in [0.1, 0.15) is 0 Å². The zero-order valence-electron chi connectivity index (χ0n) is 8.64. The van der Waals surface area contributed by atoms with Crippen molar-refractivity contribution in [1.82, 2.24) is 4.57 Å². The molecule has 1 heterocycles. The fraction of sp³-hybridized carbons (Fsp3) is 0.400. The molecule has 0 unspecified atom stereocenters. The molecule has 0 radical (unpaired) electrons. The molecule has 0 aliphatic rings. The summed E-state index contributed by atoms with van der Waals surface area (Å²) < 4.78 is 5.67. The molecule has 0 aliphatic carbocycles. The Morgan fingerprint density at radius 3 is 2.80 bits per heavy atom. The number of carbonyl (C=O) groups is 1. The van der Waals surface area contributed by atoms with Gasteiger partial charge in [-0.3, -0.25) is 4.79 Å². The number of rotatable bonds is 3. The zero-order valence-corrected chi connectivity index (χ0v) is 8.64. The zero-order chi connectivity index (χ0) is 11.5. The molecule has 1 N–H and O–H groups in total. The number of esters is 1. The van der Waals surface area contributed by atoms with Crippen LogP contribution in [-0.4, -0.2) is 28.4 Å². The molecule has 1 aromatic rings. The predicted octanol–water partition coefficient (Wildman–Crippen LogP) is -0.228. The Kier molecular flexibility index (Phi) is 3.26. The lowest BCUT2D eigenvalue weighted by Crippen LogP contribution is -2.42. The van der Waals surface area contributed by atoms with Crippen molar-refractivity contribution < 1.29 is 14.6 Å². The summed E-state index contributed by atoms with van der Waals surface area (Å²) in [6.45, 7) is 1.18. The van der Waals surface area contributed by atoms with Crippen molar-refractivity contribution in [1.29, 1.82) is 0 Å². The molecule has 0 aliphatic heterocycles. The van der Waals surface area contributed by atoms with Gasteiger partial charge in [-0.2, -0.15) is 0 Å². The maximum Gasteiger partial charge on any atom is 0.339 e. The minimum absolute atomic E-state index is 0.126. The summed E-state index contributed by atoms with van der Waals surface area (Å²) in [6.07, 6.45) is 1.50. The second-order valence-corrected chi connectivity index (χ2v) is 3.43. The molecule has 1 atom stereocenters. The van der Waals surface area contributed by atoms with Crippen molar-refractivity contribution in [3.05, 3.63) is 34.7 Å². The lowest BCUT2D eigenvalue weighted by molar-refractivity contribution is -0.161. The number of methoxy groups -OCH3 is 1. The van der Waals surface area contributed by atoms with E-state index in [0.717, 1.165) is 0 Å². The minimum atomic E-state index is -1.69. The standard InChI is InChI=1S/C10H13NO4/c1-10(14,9(13)15-2)7-11-6-4-3-5-8(11)12/h3-6,14H,7H2,1-2H3/t10-/m0/s1. The van der Waals surface area contributed by atoms with E-state index in [9.17, 15) is 14.7 Å². The van der Waals surface area contributed by atoms with E-state index in [2.05, 4.69) is 4.74 Å². The fourth-order valence-electron chi connectivity index (χ4n) is 1.21. The van der Waals surface area contributed by atoms with Gasteiger partial charge in [-0.15, -0.1) is 0 Å². The minimum Gasteiger partial charge on any atom is -0.467 e. The van der Waals surface area contributed by atoms with Crippen LogP contribution in [0.4, 0.5) is 0 Å². The van der Waals surface area contributed by atoms with Gasteiger partial charge >= 0.3 is 5.97 Å². The fourth-order valence-corrected chi connectivity index (χ4v) is 1.21. The van der Waals surface area contributed by atoms with E-state index in [1.165, 1.54) is 30.9 Å². The number of ether oxygens (including phenoxy) is 1. The Morgan fingerprint density at radius 2 is 2.27 bits per heavy atom. The number of aliphatic hydroxyl groups is 1. The Hall–Kier alpha value is -1.62. The normalized spacial score (nSPS) is 14.3. The van der Waals surface area contributed by atoms with Crippen molar-refractivity contribution in [2.24, 2.45) is 0 Å². The van der Waals surface area contributed by atoms with Gasteiger partial charge in [0.05, 0.1) is 13.7 Å². The quantitative estimate of drug-likeness (QED) is 0.701. The molecule has 5 nitrogen and oxygen atoms in total. The number of nitrogens with zero attached hydrogens (tertiary/aromatic N) is 1. The van der Waals surface area contributed by atoms with Gasteiger partial charge in [0, 0.05) is 12.3 Å². The molecule has 82 valence electrons. The number of carbonyl (C=O) groups excluding carboxylic acids is 1. The maximum atomic E-state index is 11.3. The van der Waals surface area contributed by atoms with Gasteiger partial charge in [0.2, 0.25) is 0 Å². The van der Waals surface area contributed by atoms with Crippen LogP contribution in [0, 0.1) is 0 Å². The van der Waals surface area contributed by atoms with E-state index in [1.54, 1.807) is 12.1 Å². The van der Waals surface area contributed by atoms with Crippen molar-refractivity contribution in [2.75, 3.05) is 7.11 Å². The van der Waals surface area contributed by atoms with Gasteiger partial charge in [-0.05, 0) is 13.0 Å². The van der Waals surface area contributed by atoms with Crippen molar-refractivity contribution in [3.63, 3.8) is 0 Å². The second kappa shape index (κ2) is 4.27. The largest absolute Gasteiger partial charge is 0.467 e. The average molecular weight is 211 g/mol. The molecule has 15 heavy (non-hydrogen) atoms. The molecule has 0 fully saturated rings. The Bertz CT molecular complexity index is 408. The maximum absolute atomic E-state index is 11.3. The third-order valence-corrected chi connectivity index (χ3v) is 2.00. The first-order chi connectivity index (χ1) is 6.97. The molecule has 0 bridgehead atoms. The number of hydrogen-bond acceptors (Lipinski definition) is 4. The summed E-state index contributed by atoms with van der Waals surface area (Å²) in [4.78, 5) is 22.5. The first-order valence-corrected chi connectivity index (χ1v) is 4.43. The molecule has 0 aromatic carbocycles. The Labute approximate surface area is 86.9 Å². The molecule has 5 heteroatoms. The van der Waals surface area contributed by atoms with Gasteiger partial charge in [0.25, 0.3) is 5.56 Å². The SMILES string of the molecule is COC(=O)[C@@](C)(O)Cn1ccccc1=O. The summed E-state index contributed by atoms with van der Waals surface area (Å²) in [5.74, 6) is -0.766. The summed E-state index contributed by atoms with van der Waals surface area (Å²) in [7, 11) is 1.19. The molecule has 0 saturated carbocycles. The lowest BCUT2D eigenvalue weighted by Gasteiger charge is -2.20. The van der Waals surface area contributed by atoms with Gasteiger partial charge in [-0.25, -0.2) is 4.79 Å². The van der Waals surface area contributed by atoms with Gasteiger partial charge in [-0.1, -0.05) is 6.07 Å². The number of pyridine rings is 1. The molecular formula is C10H13NO4. The topological polar surface area (TPSA) is 68.5 Å². The average Bonchev–Trinajstić information content (AvgIpc) is 2.20. The molecular weight excluding hydrogens is 198 g/mol. The van der Waals surface area contributed by atoms with Crippen molar-refractivity contribution >= 4 is 5.97 Å². The summed E-state index contributed by atoms with van der Waals surface area (Å²) in [5.41, 5.74) is -1.97. The number of aromatic nitrogens is 1. The van der Waals surface area contributed by atoms with Crippen LogP contribution >= 0.6 is 0 Å². The van der Waals surface area contributed by atoms with Crippen molar-refractivity contribution in [3.8, 4) is 0 Å². The summed E-state index contributed by atoms with van der Waals surface area (Å²) in [5, 5.41) is 9.73. The molecule has 1 rings (SSSR count). The van der Waals surface area contributed by atoms with E-state index < -0.39 is 11.6 Å². The highest BCUT2D eigenvalue weighted by Gasteiger charge is 2.32. The summed E-state index contributed by atoms with van der Waals surface area (Å²) >= 11 is 0. The molecule has 0 amide bonds. The van der Waals surface area contributed by atoms with Gasteiger partial charge < -0.3 is 14.4 Å². The molecule has 0 spiro atoms. The smallest absolute Gasteiger partial charge is 0.339 e. The van der Waals surface area contributed by atoms with E-state index in [0.29, 0.717) is 0 Å².